The fourth-order valence-corrected chi connectivity index (χ4v) is 2.55. The lowest BCUT2D eigenvalue weighted by atomic mass is 9.90. The van der Waals surface area contributed by atoms with Crippen molar-refractivity contribution in [1.29, 1.82) is 0 Å². The molecule has 19 heavy (non-hydrogen) atoms. The third-order valence-corrected chi connectivity index (χ3v) is 3.81. The Kier molecular flexibility index (Phi) is 5.16. The lowest BCUT2D eigenvalue weighted by Crippen LogP contribution is -2.42. The van der Waals surface area contributed by atoms with E-state index in [-0.39, 0.29) is 12.4 Å². The molecule has 0 heterocycles. The van der Waals surface area contributed by atoms with Crippen molar-refractivity contribution in [3.05, 3.63) is 29.6 Å². The van der Waals surface area contributed by atoms with Crippen molar-refractivity contribution in [2.75, 3.05) is 24.6 Å². The Morgan fingerprint density at radius 3 is 2.79 bits per heavy atom. The standard InChI is InChI=1S/C15H23FN2O/c1-2-17-11-13-14(16)7-4-8-15(13)18(9-10-19)12-5-3-6-12/h4,7-8,12,17,19H,2-3,5-6,9-11H2,1H3. The molecule has 1 saturated carbocycles. The summed E-state index contributed by atoms with van der Waals surface area (Å²) < 4.78 is 14.0. The van der Waals surface area contributed by atoms with Gasteiger partial charge in [-0.25, -0.2) is 4.39 Å². The summed E-state index contributed by atoms with van der Waals surface area (Å²) in [5.41, 5.74) is 1.64. The first-order chi connectivity index (χ1) is 9.27. The van der Waals surface area contributed by atoms with Gasteiger partial charge >= 0.3 is 0 Å². The minimum absolute atomic E-state index is 0.105. The van der Waals surface area contributed by atoms with Gasteiger partial charge in [0.1, 0.15) is 5.82 Å². The van der Waals surface area contributed by atoms with Gasteiger partial charge in [0.15, 0.2) is 0 Å². The van der Waals surface area contributed by atoms with Gasteiger partial charge in [-0.05, 0) is 37.9 Å². The summed E-state index contributed by atoms with van der Waals surface area (Å²) in [5.74, 6) is -0.166. The van der Waals surface area contributed by atoms with Gasteiger partial charge in [-0.2, -0.15) is 0 Å². The molecule has 1 aliphatic rings. The Morgan fingerprint density at radius 2 is 2.21 bits per heavy atom. The number of halogens is 1. The topological polar surface area (TPSA) is 35.5 Å². The molecule has 0 aliphatic heterocycles. The zero-order chi connectivity index (χ0) is 13.7. The van der Waals surface area contributed by atoms with Crippen LogP contribution < -0.4 is 10.2 Å². The van der Waals surface area contributed by atoms with E-state index in [1.165, 1.54) is 12.5 Å². The number of aliphatic hydroxyl groups is 1. The van der Waals surface area contributed by atoms with E-state index in [1.807, 2.05) is 13.0 Å². The average molecular weight is 266 g/mol. The molecule has 1 aliphatic carbocycles. The highest BCUT2D eigenvalue weighted by Crippen LogP contribution is 2.32. The second-order valence-electron chi connectivity index (χ2n) is 5.02. The van der Waals surface area contributed by atoms with Crippen LogP contribution in [0.5, 0.6) is 0 Å². The van der Waals surface area contributed by atoms with Crippen LogP contribution in [0.1, 0.15) is 31.7 Å². The fourth-order valence-electron chi connectivity index (χ4n) is 2.55. The Morgan fingerprint density at radius 1 is 1.42 bits per heavy atom. The minimum Gasteiger partial charge on any atom is -0.395 e. The molecule has 0 spiro atoms. The summed E-state index contributed by atoms with van der Waals surface area (Å²) in [6, 6.07) is 5.68. The van der Waals surface area contributed by atoms with Crippen LogP contribution in [0.2, 0.25) is 0 Å². The Labute approximate surface area is 114 Å². The van der Waals surface area contributed by atoms with E-state index in [0.717, 1.165) is 25.1 Å². The first-order valence-corrected chi connectivity index (χ1v) is 7.13. The summed E-state index contributed by atoms with van der Waals surface area (Å²) >= 11 is 0. The highest BCUT2D eigenvalue weighted by atomic mass is 19.1. The summed E-state index contributed by atoms with van der Waals surface area (Å²) in [6.07, 6.45) is 3.50. The molecule has 0 bridgehead atoms. The summed E-state index contributed by atoms with van der Waals surface area (Å²) in [4.78, 5) is 2.17. The average Bonchev–Trinajstić information content (AvgIpc) is 2.34. The molecule has 0 radical (unpaired) electrons. The highest BCUT2D eigenvalue weighted by molar-refractivity contribution is 5.55. The maximum atomic E-state index is 14.0. The van der Waals surface area contributed by atoms with E-state index in [4.69, 9.17) is 0 Å². The van der Waals surface area contributed by atoms with Crippen molar-refractivity contribution in [3.8, 4) is 0 Å². The van der Waals surface area contributed by atoms with E-state index in [2.05, 4.69) is 10.2 Å². The largest absolute Gasteiger partial charge is 0.395 e. The van der Waals surface area contributed by atoms with Crippen molar-refractivity contribution in [3.63, 3.8) is 0 Å². The molecule has 0 aromatic heterocycles. The molecule has 0 amide bonds. The Balaban J connectivity index is 2.26. The smallest absolute Gasteiger partial charge is 0.129 e. The molecule has 4 heteroatoms. The van der Waals surface area contributed by atoms with E-state index >= 15 is 0 Å². The maximum Gasteiger partial charge on any atom is 0.129 e. The Hall–Kier alpha value is -1.13. The molecule has 0 atom stereocenters. The molecule has 106 valence electrons. The second kappa shape index (κ2) is 6.87. The number of benzene rings is 1. The predicted octanol–water partition coefficient (Wildman–Crippen LogP) is 2.29. The predicted molar refractivity (Wildman–Crippen MR) is 75.9 cm³/mol. The molecule has 3 nitrogen and oxygen atoms in total. The molecular formula is C15H23FN2O. The van der Waals surface area contributed by atoms with Crippen molar-refractivity contribution in [1.82, 2.24) is 5.32 Å². The van der Waals surface area contributed by atoms with Gasteiger partial charge in [0.25, 0.3) is 0 Å². The number of anilines is 1. The second-order valence-corrected chi connectivity index (χ2v) is 5.02. The van der Waals surface area contributed by atoms with Crippen LogP contribution in [0.15, 0.2) is 18.2 Å². The quantitative estimate of drug-likeness (QED) is 0.795. The van der Waals surface area contributed by atoms with Gasteiger partial charge in [0.2, 0.25) is 0 Å². The van der Waals surface area contributed by atoms with E-state index in [0.29, 0.717) is 24.7 Å². The summed E-state index contributed by atoms with van der Waals surface area (Å²) in [5, 5.41) is 12.4. The molecule has 0 unspecified atom stereocenters. The number of rotatable bonds is 7. The van der Waals surface area contributed by atoms with Gasteiger partial charge < -0.3 is 15.3 Å². The zero-order valence-electron chi connectivity index (χ0n) is 11.5. The summed E-state index contributed by atoms with van der Waals surface area (Å²) in [7, 11) is 0. The van der Waals surface area contributed by atoms with Crippen molar-refractivity contribution >= 4 is 5.69 Å². The van der Waals surface area contributed by atoms with Crippen LogP contribution in [-0.2, 0) is 6.54 Å². The van der Waals surface area contributed by atoms with Crippen LogP contribution >= 0.6 is 0 Å². The molecule has 2 rings (SSSR count). The number of nitrogens with zero attached hydrogens (tertiary/aromatic N) is 1. The van der Waals surface area contributed by atoms with Gasteiger partial charge in [-0.3, -0.25) is 0 Å². The monoisotopic (exact) mass is 266 g/mol. The lowest BCUT2D eigenvalue weighted by Gasteiger charge is -2.40. The van der Waals surface area contributed by atoms with Gasteiger partial charge in [0, 0.05) is 30.4 Å². The van der Waals surface area contributed by atoms with Crippen LogP contribution in [0.3, 0.4) is 0 Å². The molecule has 2 N–H and O–H groups in total. The van der Waals surface area contributed by atoms with Crippen LogP contribution in [0.4, 0.5) is 10.1 Å². The van der Waals surface area contributed by atoms with Crippen LogP contribution in [-0.4, -0.2) is 30.8 Å². The summed E-state index contributed by atoms with van der Waals surface area (Å²) in [6.45, 7) is 4.04. The van der Waals surface area contributed by atoms with Crippen molar-refractivity contribution < 1.29 is 9.50 Å². The normalized spacial score (nSPS) is 15.3. The number of hydrogen-bond donors (Lipinski definition) is 2. The van der Waals surface area contributed by atoms with Gasteiger partial charge in [-0.1, -0.05) is 13.0 Å². The number of hydrogen-bond acceptors (Lipinski definition) is 3. The molecular weight excluding hydrogens is 243 g/mol. The highest BCUT2D eigenvalue weighted by Gasteiger charge is 2.26. The maximum absolute atomic E-state index is 14.0. The van der Waals surface area contributed by atoms with Gasteiger partial charge in [0.05, 0.1) is 6.61 Å². The lowest BCUT2D eigenvalue weighted by molar-refractivity contribution is 0.283. The molecule has 0 saturated heterocycles. The number of aliphatic hydroxyl groups excluding tert-OH is 1. The van der Waals surface area contributed by atoms with Crippen molar-refractivity contribution in [2.24, 2.45) is 0 Å². The van der Waals surface area contributed by atoms with Crippen LogP contribution in [0.25, 0.3) is 0 Å². The van der Waals surface area contributed by atoms with E-state index < -0.39 is 0 Å². The third-order valence-electron chi connectivity index (χ3n) is 3.81. The van der Waals surface area contributed by atoms with E-state index in [1.54, 1.807) is 6.07 Å². The number of nitrogens with one attached hydrogen (secondary N) is 1. The first kappa shape index (κ1) is 14.3. The molecule has 1 aromatic rings. The first-order valence-electron chi connectivity index (χ1n) is 7.13. The Bertz CT molecular complexity index is 407. The fraction of sp³-hybridized carbons (Fsp3) is 0.600. The minimum atomic E-state index is -0.166. The van der Waals surface area contributed by atoms with Crippen molar-refractivity contribution in [2.45, 2.75) is 38.8 Å². The van der Waals surface area contributed by atoms with Gasteiger partial charge in [-0.15, -0.1) is 0 Å². The SMILES string of the molecule is CCNCc1c(F)cccc1N(CCO)C1CCC1. The van der Waals surface area contributed by atoms with E-state index in [9.17, 15) is 9.50 Å². The van der Waals surface area contributed by atoms with Crippen LogP contribution in [0, 0.1) is 5.82 Å². The zero-order valence-corrected chi connectivity index (χ0v) is 11.5. The third kappa shape index (κ3) is 3.25. The molecule has 1 fully saturated rings. The molecule has 1 aromatic carbocycles.